The third kappa shape index (κ3) is 4.17. The first kappa shape index (κ1) is 19.9. The molecular formula is C21H21ClN2O4. The fourth-order valence-corrected chi connectivity index (χ4v) is 3.27. The monoisotopic (exact) mass is 400 g/mol. The number of rotatable bonds is 5. The van der Waals surface area contributed by atoms with Gasteiger partial charge in [-0.25, -0.2) is 4.79 Å². The van der Waals surface area contributed by atoms with Gasteiger partial charge in [-0.1, -0.05) is 41.9 Å². The van der Waals surface area contributed by atoms with Crippen LogP contribution >= 0.6 is 11.6 Å². The molecule has 0 N–H and O–H groups in total. The van der Waals surface area contributed by atoms with Crippen molar-refractivity contribution in [3.63, 3.8) is 0 Å². The minimum absolute atomic E-state index is 0.0302. The first-order valence-corrected chi connectivity index (χ1v) is 9.33. The SMILES string of the molecule is CN(C)C(=O)C(OC(=O)c1ccc(Cl)c(N2CCCC2=O)c1)c1ccccc1. The van der Waals surface area contributed by atoms with Crippen molar-refractivity contribution in [2.75, 3.05) is 25.5 Å². The lowest BCUT2D eigenvalue weighted by atomic mass is 10.1. The Morgan fingerprint density at radius 3 is 2.46 bits per heavy atom. The van der Waals surface area contributed by atoms with E-state index in [4.69, 9.17) is 16.3 Å². The molecule has 28 heavy (non-hydrogen) atoms. The second kappa shape index (κ2) is 8.44. The minimum Gasteiger partial charge on any atom is -0.444 e. The lowest BCUT2D eigenvalue weighted by Gasteiger charge is -2.22. The third-order valence-electron chi connectivity index (χ3n) is 4.54. The summed E-state index contributed by atoms with van der Waals surface area (Å²) in [5.74, 6) is -1.03. The summed E-state index contributed by atoms with van der Waals surface area (Å²) in [7, 11) is 3.21. The van der Waals surface area contributed by atoms with Crippen molar-refractivity contribution in [3.8, 4) is 0 Å². The van der Waals surface area contributed by atoms with Gasteiger partial charge in [0.2, 0.25) is 12.0 Å². The highest BCUT2D eigenvalue weighted by Crippen LogP contribution is 2.31. The number of carbonyl (C=O) groups excluding carboxylic acids is 3. The molecule has 1 atom stereocenters. The van der Waals surface area contributed by atoms with Gasteiger partial charge in [0.1, 0.15) is 0 Å². The maximum absolute atomic E-state index is 12.8. The van der Waals surface area contributed by atoms with E-state index >= 15 is 0 Å². The van der Waals surface area contributed by atoms with E-state index < -0.39 is 12.1 Å². The van der Waals surface area contributed by atoms with Crippen LogP contribution in [0.3, 0.4) is 0 Å². The predicted octanol–water partition coefficient (Wildman–Crippen LogP) is 3.45. The van der Waals surface area contributed by atoms with Crippen LogP contribution in [0.15, 0.2) is 48.5 Å². The quantitative estimate of drug-likeness (QED) is 0.721. The van der Waals surface area contributed by atoms with Gasteiger partial charge in [0.15, 0.2) is 0 Å². The van der Waals surface area contributed by atoms with Gasteiger partial charge < -0.3 is 14.5 Å². The molecule has 3 rings (SSSR count). The van der Waals surface area contributed by atoms with Crippen LogP contribution < -0.4 is 4.90 Å². The molecule has 1 aliphatic heterocycles. The molecule has 1 heterocycles. The van der Waals surface area contributed by atoms with Crippen molar-refractivity contribution < 1.29 is 19.1 Å². The second-order valence-corrected chi connectivity index (χ2v) is 7.15. The maximum atomic E-state index is 12.8. The van der Waals surface area contributed by atoms with Crippen LogP contribution in [0.2, 0.25) is 5.02 Å². The van der Waals surface area contributed by atoms with E-state index in [0.717, 1.165) is 6.42 Å². The van der Waals surface area contributed by atoms with E-state index in [1.165, 1.54) is 17.0 Å². The van der Waals surface area contributed by atoms with Gasteiger partial charge >= 0.3 is 5.97 Å². The van der Waals surface area contributed by atoms with E-state index in [9.17, 15) is 14.4 Å². The predicted molar refractivity (Wildman–Crippen MR) is 106 cm³/mol. The van der Waals surface area contributed by atoms with Crippen molar-refractivity contribution in [3.05, 3.63) is 64.7 Å². The van der Waals surface area contributed by atoms with Gasteiger partial charge in [-0.3, -0.25) is 9.59 Å². The Kier molecular flexibility index (Phi) is 5.99. The molecule has 2 amide bonds. The molecule has 1 aliphatic rings. The Morgan fingerprint density at radius 1 is 1.14 bits per heavy atom. The van der Waals surface area contributed by atoms with Gasteiger partial charge in [-0.05, 0) is 24.6 Å². The minimum atomic E-state index is -1.06. The van der Waals surface area contributed by atoms with Gasteiger partial charge in [0.05, 0.1) is 16.3 Å². The van der Waals surface area contributed by atoms with Crippen LogP contribution in [0.4, 0.5) is 5.69 Å². The zero-order valence-corrected chi connectivity index (χ0v) is 16.5. The maximum Gasteiger partial charge on any atom is 0.339 e. The van der Waals surface area contributed by atoms with Crippen LogP contribution in [0, 0.1) is 0 Å². The zero-order valence-electron chi connectivity index (χ0n) is 15.7. The lowest BCUT2D eigenvalue weighted by molar-refractivity contribution is -0.138. The number of ether oxygens (including phenoxy) is 1. The molecule has 7 heteroatoms. The van der Waals surface area contributed by atoms with E-state index in [1.807, 2.05) is 6.07 Å². The van der Waals surface area contributed by atoms with Crippen LogP contribution in [-0.2, 0) is 14.3 Å². The lowest BCUT2D eigenvalue weighted by Crippen LogP contribution is -2.31. The molecule has 0 bridgehead atoms. The average Bonchev–Trinajstić information content (AvgIpc) is 3.12. The van der Waals surface area contributed by atoms with Crippen LogP contribution in [-0.4, -0.2) is 43.3 Å². The fraction of sp³-hybridized carbons (Fsp3) is 0.286. The van der Waals surface area contributed by atoms with Crippen molar-refractivity contribution >= 4 is 35.1 Å². The first-order chi connectivity index (χ1) is 13.4. The largest absolute Gasteiger partial charge is 0.444 e. The normalized spacial score (nSPS) is 14.7. The second-order valence-electron chi connectivity index (χ2n) is 6.74. The summed E-state index contributed by atoms with van der Waals surface area (Å²) >= 11 is 6.23. The van der Waals surface area contributed by atoms with E-state index in [2.05, 4.69) is 0 Å². The number of anilines is 1. The highest BCUT2D eigenvalue weighted by Gasteiger charge is 2.28. The zero-order chi connectivity index (χ0) is 20.3. The molecule has 0 aromatic heterocycles. The molecule has 1 saturated heterocycles. The highest BCUT2D eigenvalue weighted by molar-refractivity contribution is 6.34. The number of amides is 2. The number of hydrogen-bond acceptors (Lipinski definition) is 4. The highest BCUT2D eigenvalue weighted by atomic mass is 35.5. The Labute approximate surface area is 168 Å². The van der Waals surface area contributed by atoms with Gasteiger partial charge in [0.25, 0.3) is 5.91 Å². The summed E-state index contributed by atoms with van der Waals surface area (Å²) in [6.45, 7) is 0.558. The number of esters is 1. The summed E-state index contributed by atoms with van der Waals surface area (Å²) < 4.78 is 5.55. The number of benzene rings is 2. The molecule has 1 fully saturated rings. The number of likely N-dealkylation sites (N-methyl/N-ethyl adjacent to an activating group) is 1. The van der Waals surface area contributed by atoms with E-state index in [1.54, 1.807) is 49.3 Å². The molecule has 146 valence electrons. The molecular weight excluding hydrogens is 380 g/mol. The molecule has 0 saturated carbocycles. The third-order valence-corrected chi connectivity index (χ3v) is 4.86. The van der Waals surface area contributed by atoms with Crippen LogP contribution in [0.25, 0.3) is 0 Å². The molecule has 0 aliphatic carbocycles. The molecule has 0 spiro atoms. The van der Waals surface area contributed by atoms with E-state index in [0.29, 0.717) is 29.2 Å². The van der Waals surface area contributed by atoms with Crippen LogP contribution in [0.5, 0.6) is 0 Å². The summed E-state index contributed by atoms with van der Waals surface area (Å²) in [5, 5.41) is 0.385. The van der Waals surface area contributed by atoms with Crippen molar-refractivity contribution in [2.45, 2.75) is 18.9 Å². The molecule has 0 radical (unpaired) electrons. The Bertz CT molecular complexity index is 899. The summed E-state index contributed by atoms with van der Waals surface area (Å²) in [4.78, 5) is 40.3. The molecule has 6 nitrogen and oxygen atoms in total. The summed E-state index contributed by atoms with van der Waals surface area (Å²) in [6.07, 6.45) is 0.145. The number of nitrogens with zero attached hydrogens (tertiary/aromatic N) is 2. The molecule has 2 aromatic carbocycles. The van der Waals surface area contributed by atoms with Gasteiger partial charge in [0, 0.05) is 32.6 Å². The standard InChI is InChI=1S/C21H21ClN2O4/c1-23(2)20(26)19(14-7-4-3-5-8-14)28-21(27)15-10-11-16(22)17(13-15)24-12-6-9-18(24)25/h3-5,7-8,10-11,13,19H,6,9,12H2,1-2H3. The topological polar surface area (TPSA) is 66.9 Å². The first-order valence-electron chi connectivity index (χ1n) is 8.95. The van der Waals surface area contributed by atoms with Crippen molar-refractivity contribution in [2.24, 2.45) is 0 Å². The average molecular weight is 401 g/mol. The fourth-order valence-electron chi connectivity index (χ4n) is 3.05. The van der Waals surface area contributed by atoms with Gasteiger partial charge in [-0.2, -0.15) is 0 Å². The number of carbonyl (C=O) groups is 3. The summed E-state index contributed by atoms with van der Waals surface area (Å²) in [5.41, 5.74) is 1.29. The number of hydrogen-bond donors (Lipinski definition) is 0. The van der Waals surface area contributed by atoms with Crippen molar-refractivity contribution in [1.82, 2.24) is 4.90 Å². The summed E-state index contributed by atoms with van der Waals surface area (Å²) in [6, 6.07) is 13.5. The Hall–Kier alpha value is -2.86. The van der Waals surface area contributed by atoms with Crippen molar-refractivity contribution in [1.29, 1.82) is 0 Å². The number of halogens is 1. The van der Waals surface area contributed by atoms with E-state index in [-0.39, 0.29) is 17.4 Å². The smallest absolute Gasteiger partial charge is 0.339 e. The Morgan fingerprint density at radius 2 is 1.86 bits per heavy atom. The Balaban J connectivity index is 1.88. The van der Waals surface area contributed by atoms with Crippen LogP contribution in [0.1, 0.15) is 34.9 Å². The van der Waals surface area contributed by atoms with Gasteiger partial charge in [-0.15, -0.1) is 0 Å². The molecule has 1 unspecified atom stereocenters. The molecule has 2 aromatic rings.